The molecule has 1 N–H and O–H groups in total. The SMILES string of the molecule is CNCC(=O)N1CCC(c2cc(N3CCOCC3)nc(C)n2)CC1. The maximum absolute atomic E-state index is 12.0. The van der Waals surface area contributed by atoms with E-state index in [9.17, 15) is 4.79 Å². The minimum absolute atomic E-state index is 0.184. The second kappa shape index (κ2) is 7.90. The second-order valence-corrected chi connectivity index (χ2v) is 6.48. The molecule has 0 radical (unpaired) electrons. The van der Waals surface area contributed by atoms with E-state index < -0.39 is 0 Å². The zero-order chi connectivity index (χ0) is 16.9. The standard InChI is InChI=1S/C17H27N5O2/c1-13-19-15(11-16(20-13)21-7-9-24-10-8-21)14-3-5-22(6-4-14)17(23)12-18-2/h11,14,18H,3-10,12H2,1-2H3. The van der Waals surface area contributed by atoms with E-state index in [4.69, 9.17) is 4.74 Å². The highest BCUT2D eigenvalue weighted by atomic mass is 16.5. The Labute approximate surface area is 143 Å². The van der Waals surface area contributed by atoms with E-state index in [1.165, 1.54) is 0 Å². The molecule has 24 heavy (non-hydrogen) atoms. The fraction of sp³-hybridized carbons (Fsp3) is 0.706. The van der Waals surface area contributed by atoms with Crippen LogP contribution in [0.4, 0.5) is 5.82 Å². The molecular formula is C17H27N5O2. The molecule has 1 amide bonds. The van der Waals surface area contributed by atoms with E-state index in [0.29, 0.717) is 12.5 Å². The van der Waals surface area contributed by atoms with Crippen LogP contribution in [0.3, 0.4) is 0 Å². The van der Waals surface area contributed by atoms with Crippen molar-refractivity contribution < 1.29 is 9.53 Å². The van der Waals surface area contributed by atoms with Gasteiger partial charge in [0.1, 0.15) is 11.6 Å². The molecule has 3 rings (SSSR count). The lowest BCUT2D eigenvalue weighted by Crippen LogP contribution is -2.42. The van der Waals surface area contributed by atoms with Gasteiger partial charge in [-0.2, -0.15) is 0 Å². The van der Waals surface area contributed by atoms with Gasteiger partial charge in [-0.15, -0.1) is 0 Å². The summed E-state index contributed by atoms with van der Waals surface area (Å²) < 4.78 is 5.42. The van der Waals surface area contributed by atoms with Crippen LogP contribution in [0.5, 0.6) is 0 Å². The number of carbonyl (C=O) groups excluding carboxylic acids is 1. The molecule has 2 fully saturated rings. The molecule has 2 aliphatic heterocycles. The van der Waals surface area contributed by atoms with E-state index in [1.807, 2.05) is 18.9 Å². The van der Waals surface area contributed by atoms with Crippen LogP contribution in [0.2, 0.25) is 0 Å². The highest BCUT2D eigenvalue weighted by Crippen LogP contribution is 2.29. The van der Waals surface area contributed by atoms with E-state index in [2.05, 4.69) is 26.3 Å². The predicted molar refractivity (Wildman–Crippen MR) is 92.3 cm³/mol. The molecule has 0 spiro atoms. The summed E-state index contributed by atoms with van der Waals surface area (Å²) in [5.74, 6) is 2.42. The van der Waals surface area contributed by atoms with E-state index >= 15 is 0 Å². The maximum atomic E-state index is 12.0. The zero-order valence-electron chi connectivity index (χ0n) is 14.6. The highest BCUT2D eigenvalue weighted by Gasteiger charge is 2.25. The van der Waals surface area contributed by atoms with Crippen LogP contribution in [-0.2, 0) is 9.53 Å². The number of likely N-dealkylation sites (tertiary alicyclic amines) is 1. The third-order valence-corrected chi connectivity index (χ3v) is 4.77. The van der Waals surface area contributed by atoms with Crippen molar-refractivity contribution in [1.82, 2.24) is 20.2 Å². The number of carbonyl (C=O) groups is 1. The summed E-state index contributed by atoms with van der Waals surface area (Å²) in [6.07, 6.45) is 1.93. The van der Waals surface area contributed by atoms with Gasteiger partial charge >= 0.3 is 0 Å². The van der Waals surface area contributed by atoms with Gasteiger partial charge in [-0.05, 0) is 26.8 Å². The van der Waals surface area contributed by atoms with Crippen molar-refractivity contribution in [3.63, 3.8) is 0 Å². The molecule has 0 aliphatic carbocycles. The quantitative estimate of drug-likeness (QED) is 0.868. The second-order valence-electron chi connectivity index (χ2n) is 6.48. The molecule has 132 valence electrons. The van der Waals surface area contributed by atoms with Crippen LogP contribution >= 0.6 is 0 Å². The Morgan fingerprint density at radius 2 is 1.96 bits per heavy atom. The number of piperidine rings is 1. The van der Waals surface area contributed by atoms with Crippen molar-refractivity contribution in [2.75, 3.05) is 57.9 Å². The van der Waals surface area contributed by atoms with Crippen molar-refractivity contribution in [2.24, 2.45) is 0 Å². The predicted octanol–water partition coefficient (Wildman–Crippen LogP) is 0.547. The zero-order valence-corrected chi connectivity index (χ0v) is 14.6. The first-order valence-corrected chi connectivity index (χ1v) is 8.78. The van der Waals surface area contributed by atoms with Crippen LogP contribution in [0.1, 0.15) is 30.3 Å². The molecule has 7 heteroatoms. The molecule has 0 saturated carbocycles. The number of likely N-dealkylation sites (N-methyl/N-ethyl adjacent to an activating group) is 1. The van der Waals surface area contributed by atoms with Gasteiger partial charge in [0.05, 0.1) is 19.8 Å². The normalized spacial score (nSPS) is 19.6. The molecule has 1 aromatic heterocycles. The number of morpholine rings is 1. The number of rotatable bonds is 4. The van der Waals surface area contributed by atoms with Crippen LogP contribution in [0, 0.1) is 6.92 Å². The number of amides is 1. The number of nitrogens with one attached hydrogen (secondary N) is 1. The van der Waals surface area contributed by atoms with Gasteiger partial charge in [0.25, 0.3) is 0 Å². The lowest BCUT2D eigenvalue weighted by Gasteiger charge is -2.33. The van der Waals surface area contributed by atoms with E-state index in [0.717, 1.165) is 69.6 Å². The third-order valence-electron chi connectivity index (χ3n) is 4.77. The van der Waals surface area contributed by atoms with Crippen LogP contribution in [0.25, 0.3) is 0 Å². The lowest BCUT2D eigenvalue weighted by atomic mass is 9.93. The Morgan fingerprint density at radius 1 is 1.25 bits per heavy atom. The number of aryl methyl sites for hydroxylation is 1. The maximum Gasteiger partial charge on any atom is 0.236 e. The molecule has 0 unspecified atom stereocenters. The van der Waals surface area contributed by atoms with Gasteiger partial charge < -0.3 is 19.9 Å². The molecule has 3 heterocycles. The molecule has 0 bridgehead atoms. The fourth-order valence-corrected chi connectivity index (χ4v) is 3.43. The number of anilines is 1. The van der Waals surface area contributed by atoms with Crippen molar-refractivity contribution >= 4 is 11.7 Å². The number of aromatic nitrogens is 2. The first kappa shape index (κ1) is 17.1. The van der Waals surface area contributed by atoms with Crippen LogP contribution in [0.15, 0.2) is 6.07 Å². The van der Waals surface area contributed by atoms with Crippen LogP contribution < -0.4 is 10.2 Å². The lowest BCUT2D eigenvalue weighted by molar-refractivity contribution is -0.131. The molecule has 7 nitrogen and oxygen atoms in total. The highest BCUT2D eigenvalue weighted by molar-refractivity contribution is 5.78. The average molecular weight is 333 g/mol. The molecule has 0 aromatic carbocycles. The van der Waals surface area contributed by atoms with Crippen molar-refractivity contribution in [3.05, 3.63) is 17.6 Å². The molecule has 0 atom stereocenters. The van der Waals surface area contributed by atoms with Crippen molar-refractivity contribution in [2.45, 2.75) is 25.7 Å². The topological polar surface area (TPSA) is 70.6 Å². The molecule has 1 aromatic rings. The summed E-state index contributed by atoms with van der Waals surface area (Å²) in [6, 6.07) is 2.13. The van der Waals surface area contributed by atoms with Gasteiger partial charge in [0.2, 0.25) is 5.91 Å². The number of ether oxygens (including phenoxy) is 1. The Hall–Kier alpha value is -1.73. The Bertz CT molecular complexity index is 566. The molecular weight excluding hydrogens is 306 g/mol. The minimum atomic E-state index is 0.184. The average Bonchev–Trinajstić information content (AvgIpc) is 2.62. The number of hydrogen-bond acceptors (Lipinski definition) is 6. The summed E-state index contributed by atoms with van der Waals surface area (Å²) in [5, 5.41) is 2.93. The van der Waals surface area contributed by atoms with E-state index in [-0.39, 0.29) is 5.91 Å². The molecule has 2 saturated heterocycles. The third kappa shape index (κ3) is 4.02. The van der Waals surface area contributed by atoms with Crippen molar-refractivity contribution in [3.8, 4) is 0 Å². The van der Waals surface area contributed by atoms with Gasteiger partial charge in [0.15, 0.2) is 0 Å². The smallest absolute Gasteiger partial charge is 0.236 e. The Morgan fingerprint density at radius 3 is 2.62 bits per heavy atom. The summed E-state index contributed by atoms with van der Waals surface area (Å²) in [4.78, 5) is 25.5. The summed E-state index contributed by atoms with van der Waals surface area (Å²) in [5.41, 5.74) is 1.12. The summed E-state index contributed by atoms with van der Waals surface area (Å²) >= 11 is 0. The summed E-state index contributed by atoms with van der Waals surface area (Å²) in [7, 11) is 1.81. The largest absolute Gasteiger partial charge is 0.378 e. The molecule has 2 aliphatic rings. The summed E-state index contributed by atoms with van der Waals surface area (Å²) in [6.45, 7) is 7.26. The first-order chi connectivity index (χ1) is 11.7. The Kier molecular flexibility index (Phi) is 5.63. The van der Waals surface area contributed by atoms with Gasteiger partial charge in [-0.25, -0.2) is 9.97 Å². The number of hydrogen-bond donors (Lipinski definition) is 1. The monoisotopic (exact) mass is 333 g/mol. The van der Waals surface area contributed by atoms with E-state index in [1.54, 1.807) is 0 Å². The van der Waals surface area contributed by atoms with Gasteiger partial charge in [-0.3, -0.25) is 4.79 Å². The first-order valence-electron chi connectivity index (χ1n) is 8.78. The number of nitrogens with zero attached hydrogens (tertiary/aromatic N) is 4. The van der Waals surface area contributed by atoms with Gasteiger partial charge in [0, 0.05) is 43.9 Å². The van der Waals surface area contributed by atoms with Crippen LogP contribution in [-0.4, -0.2) is 73.8 Å². The Balaban J connectivity index is 1.67. The van der Waals surface area contributed by atoms with Gasteiger partial charge in [-0.1, -0.05) is 0 Å². The van der Waals surface area contributed by atoms with Crippen molar-refractivity contribution in [1.29, 1.82) is 0 Å². The minimum Gasteiger partial charge on any atom is -0.378 e. The fourth-order valence-electron chi connectivity index (χ4n) is 3.43.